The first-order valence-electron chi connectivity index (χ1n) is 8.39. The lowest BCUT2D eigenvalue weighted by Gasteiger charge is -2.15. The Balaban J connectivity index is 1.79. The third kappa shape index (κ3) is 5.16. The molecule has 0 unspecified atom stereocenters. The van der Waals surface area contributed by atoms with Crippen molar-refractivity contribution < 1.29 is 9.90 Å². The van der Waals surface area contributed by atoms with Crippen LogP contribution in [-0.4, -0.2) is 16.3 Å². The SMILES string of the molecule is Cc1ccc(S[C@@H](Cc2ccccc2Sc2ccccc2)C(=O)O)cc1. The van der Waals surface area contributed by atoms with Crippen molar-refractivity contribution >= 4 is 29.5 Å². The molecule has 26 heavy (non-hydrogen) atoms. The quantitative estimate of drug-likeness (QED) is 0.515. The van der Waals surface area contributed by atoms with Gasteiger partial charge in [0.05, 0.1) is 0 Å². The average molecular weight is 381 g/mol. The number of carboxylic acid groups (broad SMARTS) is 1. The fourth-order valence-corrected chi connectivity index (χ4v) is 4.51. The zero-order valence-corrected chi connectivity index (χ0v) is 16.1. The van der Waals surface area contributed by atoms with Gasteiger partial charge < -0.3 is 5.11 Å². The predicted molar refractivity (Wildman–Crippen MR) is 109 cm³/mol. The number of aryl methyl sites for hydroxylation is 1. The largest absolute Gasteiger partial charge is 0.480 e. The molecule has 0 heterocycles. The van der Waals surface area contributed by atoms with Crippen molar-refractivity contribution in [2.45, 2.75) is 33.3 Å². The van der Waals surface area contributed by atoms with Gasteiger partial charge in [-0.25, -0.2) is 0 Å². The van der Waals surface area contributed by atoms with E-state index >= 15 is 0 Å². The molecule has 0 aromatic heterocycles. The second-order valence-corrected chi connectivity index (χ2v) is 8.38. The third-order valence-corrected chi connectivity index (χ3v) is 6.25. The summed E-state index contributed by atoms with van der Waals surface area (Å²) in [5.41, 5.74) is 2.24. The number of aliphatic carboxylic acids is 1. The Morgan fingerprint density at radius 2 is 1.54 bits per heavy atom. The summed E-state index contributed by atoms with van der Waals surface area (Å²) < 4.78 is 0. The maximum Gasteiger partial charge on any atom is 0.317 e. The summed E-state index contributed by atoms with van der Waals surface area (Å²) in [6, 6.07) is 26.2. The molecule has 0 fully saturated rings. The van der Waals surface area contributed by atoms with Crippen molar-refractivity contribution in [1.82, 2.24) is 0 Å². The van der Waals surface area contributed by atoms with Crippen molar-refractivity contribution in [2.75, 3.05) is 0 Å². The Labute approximate surface area is 162 Å². The molecule has 3 aromatic carbocycles. The Kier molecular flexibility index (Phi) is 6.42. The molecule has 4 heteroatoms. The molecule has 0 aliphatic carbocycles. The van der Waals surface area contributed by atoms with Gasteiger partial charge in [0.1, 0.15) is 5.25 Å². The van der Waals surface area contributed by atoms with Crippen LogP contribution in [0.15, 0.2) is 93.5 Å². The highest BCUT2D eigenvalue weighted by Gasteiger charge is 2.21. The molecule has 0 amide bonds. The van der Waals surface area contributed by atoms with E-state index in [4.69, 9.17) is 0 Å². The summed E-state index contributed by atoms with van der Waals surface area (Å²) in [6.45, 7) is 2.03. The third-order valence-electron chi connectivity index (χ3n) is 3.92. The molecule has 0 aliphatic rings. The van der Waals surface area contributed by atoms with E-state index in [-0.39, 0.29) is 0 Å². The summed E-state index contributed by atoms with van der Waals surface area (Å²) in [5.74, 6) is -0.782. The molecule has 0 radical (unpaired) electrons. The van der Waals surface area contributed by atoms with Gasteiger partial charge in [-0.2, -0.15) is 0 Å². The maximum absolute atomic E-state index is 11.8. The molecule has 0 spiro atoms. The van der Waals surface area contributed by atoms with Gasteiger partial charge in [-0.15, -0.1) is 11.8 Å². The number of carbonyl (C=O) groups is 1. The molecule has 3 rings (SSSR count). The van der Waals surface area contributed by atoms with Crippen LogP contribution in [0.25, 0.3) is 0 Å². The predicted octanol–water partition coefficient (Wildman–Crippen LogP) is 5.93. The fraction of sp³-hybridized carbons (Fsp3) is 0.136. The Bertz CT molecular complexity index is 861. The number of hydrogen-bond donors (Lipinski definition) is 1. The molecule has 0 aliphatic heterocycles. The number of hydrogen-bond acceptors (Lipinski definition) is 3. The van der Waals surface area contributed by atoms with Crippen LogP contribution < -0.4 is 0 Å². The normalized spacial score (nSPS) is 11.9. The molecular formula is C22H20O2S2. The smallest absolute Gasteiger partial charge is 0.317 e. The van der Waals surface area contributed by atoms with E-state index in [0.717, 1.165) is 20.2 Å². The summed E-state index contributed by atoms with van der Waals surface area (Å²) in [7, 11) is 0. The van der Waals surface area contributed by atoms with Crippen molar-refractivity contribution in [1.29, 1.82) is 0 Å². The number of thioether (sulfide) groups is 1. The Morgan fingerprint density at radius 1 is 0.885 bits per heavy atom. The number of benzene rings is 3. The highest BCUT2D eigenvalue weighted by Crippen LogP contribution is 2.33. The van der Waals surface area contributed by atoms with E-state index in [1.807, 2.05) is 67.6 Å². The van der Waals surface area contributed by atoms with Crippen molar-refractivity contribution in [3.63, 3.8) is 0 Å². The topological polar surface area (TPSA) is 37.3 Å². The van der Waals surface area contributed by atoms with Crippen LogP contribution in [0.4, 0.5) is 0 Å². The zero-order chi connectivity index (χ0) is 18.4. The average Bonchev–Trinajstić information content (AvgIpc) is 2.65. The van der Waals surface area contributed by atoms with Crippen molar-refractivity contribution in [3.8, 4) is 0 Å². The standard InChI is InChI=1S/C22H20O2S2/c1-16-11-13-19(14-12-16)26-21(22(23)24)15-17-7-5-6-10-20(17)25-18-8-3-2-4-9-18/h2-14,21H,15H2,1H3,(H,23,24)/t21-/m0/s1. The van der Waals surface area contributed by atoms with Crippen LogP contribution in [0.3, 0.4) is 0 Å². The van der Waals surface area contributed by atoms with Gasteiger partial charge in [0.25, 0.3) is 0 Å². The monoisotopic (exact) mass is 380 g/mol. The highest BCUT2D eigenvalue weighted by atomic mass is 32.2. The molecule has 1 atom stereocenters. The number of rotatable bonds is 7. The van der Waals surface area contributed by atoms with E-state index in [9.17, 15) is 9.90 Å². The van der Waals surface area contributed by atoms with Gasteiger partial charge in [0.15, 0.2) is 0 Å². The van der Waals surface area contributed by atoms with Crippen molar-refractivity contribution in [2.24, 2.45) is 0 Å². The highest BCUT2D eigenvalue weighted by molar-refractivity contribution is 8.00. The van der Waals surface area contributed by atoms with E-state index in [1.54, 1.807) is 11.8 Å². The summed E-state index contributed by atoms with van der Waals surface area (Å²) >= 11 is 3.08. The minimum Gasteiger partial charge on any atom is -0.480 e. The van der Waals surface area contributed by atoms with Gasteiger partial charge in [-0.1, -0.05) is 65.9 Å². The molecule has 2 nitrogen and oxygen atoms in total. The van der Waals surface area contributed by atoms with E-state index < -0.39 is 11.2 Å². The van der Waals surface area contributed by atoms with E-state index in [2.05, 4.69) is 18.2 Å². The summed E-state index contributed by atoms with van der Waals surface area (Å²) in [6.07, 6.45) is 0.490. The second-order valence-electron chi connectivity index (χ2n) is 5.98. The van der Waals surface area contributed by atoms with Crippen LogP contribution in [0.5, 0.6) is 0 Å². The van der Waals surface area contributed by atoms with Crippen LogP contribution in [0, 0.1) is 6.92 Å². The molecular weight excluding hydrogens is 360 g/mol. The molecule has 3 aromatic rings. The molecule has 0 saturated carbocycles. The van der Waals surface area contributed by atoms with Crippen molar-refractivity contribution in [3.05, 3.63) is 90.0 Å². The first kappa shape index (κ1) is 18.6. The van der Waals surface area contributed by atoms with Crippen LogP contribution in [0.1, 0.15) is 11.1 Å². The number of carboxylic acids is 1. The molecule has 0 saturated heterocycles. The van der Waals surface area contributed by atoms with E-state index in [1.165, 1.54) is 17.3 Å². The summed E-state index contributed by atoms with van der Waals surface area (Å²) in [5, 5.41) is 9.19. The first-order valence-corrected chi connectivity index (χ1v) is 10.1. The van der Waals surface area contributed by atoms with Gasteiger partial charge in [-0.3, -0.25) is 4.79 Å². The van der Waals surface area contributed by atoms with E-state index in [0.29, 0.717) is 6.42 Å². The van der Waals surface area contributed by atoms with Gasteiger partial charge in [0, 0.05) is 14.7 Å². The maximum atomic E-state index is 11.8. The summed E-state index contributed by atoms with van der Waals surface area (Å²) in [4.78, 5) is 15.1. The van der Waals surface area contributed by atoms with Crippen LogP contribution in [0.2, 0.25) is 0 Å². The zero-order valence-electron chi connectivity index (χ0n) is 14.5. The Hall–Kier alpha value is -2.17. The minimum atomic E-state index is -0.782. The lowest BCUT2D eigenvalue weighted by atomic mass is 10.1. The first-order chi connectivity index (χ1) is 12.6. The lowest BCUT2D eigenvalue weighted by Crippen LogP contribution is -2.19. The minimum absolute atomic E-state index is 0.490. The Morgan fingerprint density at radius 3 is 2.23 bits per heavy atom. The van der Waals surface area contributed by atoms with Gasteiger partial charge in [0.2, 0.25) is 0 Å². The molecule has 132 valence electrons. The lowest BCUT2D eigenvalue weighted by molar-refractivity contribution is -0.136. The second kappa shape index (κ2) is 8.97. The fourth-order valence-electron chi connectivity index (χ4n) is 2.55. The molecule has 0 bridgehead atoms. The van der Waals surface area contributed by atoms with Gasteiger partial charge in [-0.05, 0) is 49.2 Å². The molecule has 1 N–H and O–H groups in total. The van der Waals surface area contributed by atoms with Crippen LogP contribution in [-0.2, 0) is 11.2 Å². The van der Waals surface area contributed by atoms with Gasteiger partial charge >= 0.3 is 5.97 Å². The van der Waals surface area contributed by atoms with Crippen LogP contribution >= 0.6 is 23.5 Å².